The van der Waals surface area contributed by atoms with Crippen LogP contribution in [0, 0.1) is 16.7 Å². The Morgan fingerprint density at radius 1 is 1.35 bits per heavy atom. The van der Waals surface area contributed by atoms with E-state index in [0.29, 0.717) is 13.2 Å². The lowest BCUT2D eigenvalue weighted by Crippen LogP contribution is -2.30. The van der Waals surface area contributed by atoms with Gasteiger partial charge in [0.25, 0.3) is 0 Å². The van der Waals surface area contributed by atoms with Gasteiger partial charge in [-0.2, -0.15) is 0 Å². The third-order valence-corrected chi connectivity index (χ3v) is 4.73. The van der Waals surface area contributed by atoms with E-state index in [1.807, 2.05) is 0 Å². The zero-order valence-electron chi connectivity index (χ0n) is 11.5. The molecule has 1 amide bonds. The molecule has 100 valence electrons. The summed E-state index contributed by atoms with van der Waals surface area (Å²) in [5.41, 5.74) is 0.202. The summed E-state index contributed by atoms with van der Waals surface area (Å²) in [6.45, 7) is 9.73. The number of nitrogens with one attached hydrogen (secondary N) is 1. The van der Waals surface area contributed by atoms with Gasteiger partial charge in [0.2, 0.25) is 5.91 Å². The summed E-state index contributed by atoms with van der Waals surface area (Å²) in [6.07, 6.45) is 0.745. The second kappa shape index (κ2) is 5.15. The van der Waals surface area contributed by atoms with Gasteiger partial charge in [0.15, 0.2) is 0 Å². The van der Waals surface area contributed by atoms with Crippen LogP contribution in [0.5, 0.6) is 0 Å². The topological polar surface area (TPSA) is 38.3 Å². The predicted molar refractivity (Wildman–Crippen MR) is 70.2 cm³/mol. The van der Waals surface area contributed by atoms with Crippen LogP contribution in [-0.2, 0) is 9.53 Å². The van der Waals surface area contributed by atoms with Crippen LogP contribution in [0.3, 0.4) is 0 Å². The number of rotatable bonds is 6. The van der Waals surface area contributed by atoms with Crippen LogP contribution in [-0.4, -0.2) is 31.5 Å². The van der Waals surface area contributed by atoms with E-state index >= 15 is 0 Å². The van der Waals surface area contributed by atoms with Crippen molar-refractivity contribution in [3.63, 3.8) is 0 Å². The second-order valence-corrected chi connectivity index (χ2v) is 6.63. The van der Waals surface area contributed by atoms with E-state index in [1.165, 1.54) is 0 Å². The lowest BCUT2D eigenvalue weighted by Gasteiger charge is -2.10. The van der Waals surface area contributed by atoms with Crippen LogP contribution >= 0.6 is 11.6 Å². The second-order valence-electron chi connectivity index (χ2n) is 6.01. The minimum absolute atomic E-state index is 0.0273. The molecule has 0 aromatic rings. The highest BCUT2D eigenvalue weighted by molar-refractivity contribution is 6.20. The Kier molecular flexibility index (Phi) is 4.48. The summed E-state index contributed by atoms with van der Waals surface area (Å²) in [7, 11) is 1.63. The van der Waals surface area contributed by atoms with Crippen molar-refractivity contribution < 1.29 is 9.53 Å². The third-order valence-electron chi connectivity index (χ3n) is 4.39. The van der Waals surface area contributed by atoms with Crippen molar-refractivity contribution in [2.45, 2.75) is 39.5 Å². The number of hydrogen-bond acceptors (Lipinski definition) is 2. The minimum atomic E-state index is -0.0273. The highest BCUT2D eigenvalue weighted by Gasteiger charge is 2.68. The SMILES string of the molecule is COCC(Cl)CCNC(=O)C1C(C)(C)C1(C)C. The van der Waals surface area contributed by atoms with Gasteiger partial charge in [-0.15, -0.1) is 11.6 Å². The maximum Gasteiger partial charge on any atom is 0.224 e. The first-order valence-electron chi connectivity index (χ1n) is 6.16. The predicted octanol–water partition coefficient (Wildman–Crippen LogP) is 2.43. The molecule has 1 aliphatic carbocycles. The lowest BCUT2D eigenvalue weighted by molar-refractivity contribution is -0.123. The van der Waals surface area contributed by atoms with Crippen molar-refractivity contribution in [1.82, 2.24) is 5.32 Å². The Labute approximate surface area is 109 Å². The van der Waals surface area contributed by atoms with E-state index in [-0.39, 0.29) is 28.0 Å². The number of methoxy groups -OCH3 is 1. The Morgan fingerprint density at radius 3 is 2.29 bits per heavy atom. The normalized spacial score (nSPS) is 23.2. The van der Waals surface area contributed by atoms with E-state index in [2.05, 4.69) is 33.0 Å². The van der Waals surface area contributed by atoms with Gasteiger partial charge in [-0.1, -0.05) is 27.7 Å². The van der Waals surface area contributed by atoms with Crippen LogP contribution in [0.15, 0.2) is 0 Å². The highest BCUT2D eigenvalue weighted by Crippen LogP contribution is 2.68. The fourth-order valence-corrected chi connectivity index (χ4v) is 2.81. The number of halogens is 1. The molecular formula is C13H24ClNO2. The Morgan fingerprint density at radius 2 is 1.88 bits per heavy atom. The average Bonchev–Trinajstić information content (AvgIpc) is 2.57. The molecule has 0 spiro atoms. The molecule has 1 unspecified atom stereocenters. The molecule has 0 aliphatic heterocycles. The summed E-state index contributed by atoms with van der Waals surface area (Å²) in [5.74, 6) is 0.271. The van der Waals surface area contributed by atoms with Crippen LogP contribution in [0.1, 0.15) is 34.1 Å². The number of carbonyl (C=O) groups excluding carboxylic acids is 1. The molecule has 1 atom stereocenters. The molecule has 3 nitrogen and oxygen atoms in total. The van der Waals surface area contributed by atoms with Crippen molar-refractivity contribution in [2.24, 2.45) is 16.7 Å². The van der Waals surface area contributed by atoms with Crippen LogP contribution in [0.2, 0.25) is 0 Å². The molecule has 1 rings (SSSR count). The minimum Gasteiger partial charge on any atom is -0.383 e. The first kappa shape index (κ1) is 14.8. The van der Waals surface area contributed by atoms with Crippen LogP contribution in [0.4, 0.5) is 0 Å². The van der Waals surface area contributed by atoms with Crippen LogP contribution < -0.4 is 5.32 Å². The Balaban J connectivity index is 2.28. The molecule has 0 aromatic heterocycles. The molecular weight excluding hydrogens is 238 g/mol. The van der Waals surface area contributed by atoms with E-state index in [9.17, 15) is 4.79 Å². The van der Waals surface area contributed by atoms with Gasteiger partial charge >= 0.3 is 0 Å². The van der Waals surface area contributed by atoms with Crippen molar-refractivity contribution in [3.8, 4) is 0 Å². The summed E-state index contributed by atoms with van der Waals surface area (Å²) >= 11 is 6.00. The molecule has 0 aromatic carbocycles. The summed E-state index contributed by atoms with van der Waals surface area (Å²) < 4.78 is 4.94. The smallest absolute Gasteiger partial charge is 0.224 e. The molecule has 4 heteroatoms. The quantitative estimate of drug-likeness (QED) is 0.746. The van der Waals surface area contributed by atoms with E-state index in [0.717, 1.165) is 6.42 Å². The molecule has 1 fully saturated rings. The van der Waals surface area contributed by atoms with Gasteiger partial charge in [-0.3, -0.25) is 4.79 Å². The maximum absolute atomic E-state index is 12.0. The zero-order valence-corrected chi connectivity index (χ0v) is 12.2. The van der Waals surface area contributed by atoms with Gasteiger partial charge < -0.3 is 10.1 Å². The number of amides is 1. The molecule has 1 saturated carbocycles. The zero-order chi connectivity index (χ0) is 13.3. The Hall–Kier alpha value is -0.280. The molecule has 1 N–H and O–H groups in total. The maximum atomic E-state index is 12.0. The molecule has 0 radical (unpaired) electrons. The standard InChI is InChI=1S/C13H24ClNO2/c1-12(2)10(13(12,3)4)11(16)15-7-6-9(14)8-17-5/h9-10H,6-8H2,1-5H3,(H,15,16). The fraction of sp³-hybridized carbons (Fsp3) is 0.923. The van der Waals surface area contributed by atoms with Gasteiger partial charge in [0, 0.05) is 19.6 Å². The van der Waals surface area contributed by atoms with E-state index in [4.69, 9.17) is 16.3 Å². The molecule has 0 bridgehead atoms. The highest BCUT2D eigenvalue weighted by atomic mass is 35.5. The fourth-order valence-electron chi connectivity index (χ4n) is 2.57. The largest absolute Gasteiger partial charge is 0.383 e. The molecule has 17 heavy (non-hydrogen) atoms. The van der Waals surface area contributed by atoms with Gasteiger partial charge in [0.1, 0.15) is 0 Å². The van der Waals surface area contributed by atoms with Gasteiger partial charge in [-0.05, 0) is 17.3 Å². The summed E-state index contributed by atoms with van der Waals surface area (Å²) in [5, 5.41) is 2.94. The number of ether oxygens (including phenoxy) is 1. The van der Waals surface area contributed by atoms with Gasteiger partial charge in [0.05, 0.1) is 12.0 Å². The van der Waals surface area contributed by atoms with Crippen molar-refractivity contribution in [2.75, 3.05) is 20.3 Å². The first-order valence-corrected chi connectivity index (χ1v) is 6.59. The lowest BCUT2D eigenvalue weighted by atomic mass is 10.0. The van der Waals surface area contributed by atoms with Crippen LogP contribution in [0.25, 0.3) is 0 Å². The molecule has 1 aliphatic rings. The Bertz CT molecular complexity index is 275. The average molecular weight is 262 g/mol. The first-order chi connectivity index (χ1) is 7.75. The number of alkyl halides is 1. The van der Waals surface area contributed by atoms with Crippen molar-refractivity contribution in [3.05, 3.63) is 0 Å². The molecule has 0 saturated heterocycles. The van der Waals surface area contributed by atoms with E-state index in [1.54, 1.807) is 7.11 Å². The molecule has 0 heterocycles. The van der Waals surface area contributed by atoms with Crippen molar-refractivity contribution in [1.29, 1.82) is 0 Å². The summed E-state index contributed by atoms with van der Waals surface area (Å²) in [4.78, 5) is 12.0. The summed E-state index contributed by atoms with van der Waals surface area (Å²) in [6, 6.07) is 0. The van der Waals surface area contributed by atoms with Crippen molar-refractivity contribution >= 4 is 17.5 Å². The number of carbonyl (C=O) groups is 1. The monoisotopic (exact) mass is 261 g/mol. The van der Waals surface area contributed by atoms with E-state index < -0.39 is 0 Å². The third kappa shape index (κ3) is 2.94. The number of hydrogen-bond donors (Lipinski definition) is 1. The van der Waals surface area contributed by atoms with Gasteiger partial charge in [-0.25, -0.2) is 0 Å².